The van der Waals surface area contributed by atoms with Crippen molar-refractivity contribution in [2.24, 2.45) is 0 Å². The number of nitrogens with zero attached hydrogens (tertiary/aromatic N) is 1. The molecule has 3 aliphatic rings. The number of piperidine rings is 1. The first kappa shape index (κ1) is 15.1. The van der Waals surface area contributed by atoms with Crippen molar-refractivity contribution in [1.29, 1.82) is 0 Å². The SMILES string of the molecule is O=C1NCCC[C@H]2c3cc(O)c(Cl)cc3O[C@@]12N1CCCCC1. The molecule has 5 nitrogen and oxygen atoms in total. The fraction of sp³-hybridized carbons (Fsp3) is 0.588. The van der Waals surface area contributed by atoms with Crippen molar-refractivity contribution in [2.45, 2.75) is 43.7 Å². The van der Waals surface area contributed by atoms with Crippen LogP contribution in [0.1, 0.15) is 43.6 Å². The van der Waals surface area contributed by atoms with Crippen LogP contribution >= 0.6 is 11.6 Å². The summed E-state index contributed by atoms with van der Waals surface area (Å²) in [6.07, 6.45) is 5.10. The standard InChI is InChI=1S/C17H21ClN2O3/c18-13-10-15-11(9-14(13)21)12-5-4-6-19-16(22)17(12,23-15)20-7-2-1-3-8-20/h9-10,12,21H,1-8H2,(H,19,22)/t12-,17+/m0/s1. The first-order valence-electron chi connectivity index (χ1n) is 8.37. The van der Waals surface area contributed by atoms with Crippen LogP contribution in [0.25, 0.3) is 0 Å². The molecule has 1 aromatic rings. The Hall–Kier alpha value is -1.46. The minimum atomic E-state index is -0.990. The monoisotopic (exact) mass is 336 g/mol. The first-order valence-corrected chi connectivity index (χ1v) is 8.75. The highest BCUT2D eigenvalue weighted by Crippen LogP contribution is 2.52. The van der Waals surface area contributed by atoms with E-state index in [1.165, 1.54) is 6.42 Å². The number of halogens is 1. The number of aromatic hydroxyl groups is 1. The number of carbonyl (C=O) groups is 1. The minimum Gasteiger partial charge on any atom is -0.506 e. The molecule has 0 spiro atoms. The lowest BCUT2D eigenvalue weighted by atomic mass is 9.84. The summed E-state index contributed by atoms with van der Waals surface area (Å²) >= 11 is 6.05. The van der Waals surface area contributed by atoms with Crippen LogP contribution in [0.15, 0.2) is 12.1 Å². The maximum Gasteiger partial charge on any atom is 0.280 e. The van der Waals surface area contributed by atoms with Gasteiger partial charge < -0.3 is 15.2 Å². The third kappa shape index (κ3) is 2.21. The van der Waals surface area contributed by atoms with Crippen LogP contribution in [0.3, 0.4) is 0 Å². The van der Waals surface area contributed by atoms with Crippen LogP contribution in [0.5, 0.6) is 11.5 Å². The van der Waals surface area contributed by atoms with Gasteiger partial charge in [0.1, 0.15) is 11.5 Å². The molecule has 0 aliphatic carbocycles. The van der Waals surface area contributed by atoms with Crippen LogP contribution in [-0.4, -0.2) is 41.3 Å². The maximum atomic E-state index is 13.0. The van der Waals surface area contributed by atoms with Gasteiger partial charge in [-0.3, -0.25) is 9.69 Å². The van der Waals surface area contributed by atoms with Crippen molar-refractivity contribution >= 4 is 17.5 Å². The lowest BCUT2D eigenvalue weighted by molar-refractivity contribution is -0.159. The number of amides is 1. The highest BCUT2D eigenvalue weighted by Gasteiger charge is 2.58. The summed E-state index contributed by atoms with van der Waals surface area (Å²) in [4.78, 5) is 15.2. The van der Waals surface area contributed by atoms with Gasteiger partial charge in [0.05, 0.1) is 10.9 Å². The van der Waals surface area contributed by atoms with Crippen LogP contribution in [-0.2, 0) is 4.79 Å². The molecule has 6 heteroatoms. The highest BCUT2D eigenvalue weighted by molar-refractivity contribution is 6.32. The van der Waals surface area contributed by atoms with Gasteiger partial charge in [-0.2, -0.15) is 0 Å². The molecule has 4 rings (SSSR count). The molecule has 2 atom stereocenters. The van der Waals surface area contributed by atoms with Gasteiger partial charge in [-0.05, 0) is 31.7 Å². The number of phenolic OH excluding ortho intramolecular Hbond substituents is 1. The summed E-state index contributed by atoms with van der Waals surface area (Å²) in [5.41, 5.74) is -0.0920. The number of likely N-dealkylation sites (tertiary alicyclic amines) is 1. The van der Waals surface area contributed by atoms with Crippen molar-refractivity contribution in [3.63, 3.8) is 0 Å². The fourth-order valence-electron chi connectivity index (χ4n) is 4.22. The third-order valence-corrected chi connectivity index (χ3v) is 5.60. The quantitative estimate of drug-likeness (QED) is 0.827. The van der Waals surface area contributed by atoms with Gasteiger partial charge in [0.2, 0.25) is 5.72 Å². The van der Waals surface area contributed by atoms with Gasteiger partial charge in [0.15, 0.2) is 0 Å². The highest BCUT2D eigenvalue weighted by atomic mass is 35.5. The Bertz CT molecular complexity index is 645. The number of hydrogen-bond donors (Lipinski definition) is 2. The molecule has 0 bridgehead atoms. The second-order valence-corrected chi connectivity index (χ2v) is 7.05. The van der Waals surface area contributed by atoms with E-state index >= 15 is 0 Å². The second-order valence-electron chi connectivity index (χ2n) is 6.64. The Morgan fingerprint density at radius 3 is 2.83 bits per heavy atom. The first-order chi connectivity index (χ1) is 11.1. The largest absolute Gasteiger partial charge is 0.506 e. The molecule has 2 saturated heterocycles. The van der Waals surface area contributed by atoms with Gasteiger partial charge in [0.25, 0.3) is 5.91 Å². The number of rotatable bonds is 1. The van der Waals surface area contributed by atoms with E-state index in [9.17, 15) is 9.90 Å². The zero-order valence-electron chi connectivity index (χ0n) is 13.0. The molecule has 2 N–H and O–H groups in total. The fourth-order valence-corrected chi connectivity index (χ4v) is 4.37. The number of phenols is 1. The number of benzene rings is 1. The number of ether oxygens (including phenoxy) is 1. The topological polar surface area (TPSA) is 61.8 Å². The van der Waals surface area contributed by atoms with E-state index in [4.69, 9.17) is 16.3 Å². The van der Waals surface area contributed by atoms with Crippen molar-refractivity contribution in [3.8, 4) is 11.5 Å². The molecule has 3 aliphatic heterocycles. The van der Waals surface area contributed by atoms with E-state index in [0.717, 1.165) is 44.3 Å². The van der Waals surface area contributed by atoms with Gasteiger partial charge in [-0.25, -0.2) is 0 Å². The summed E-state index contributed by atoms with van der Waals surface area (Å²) in [5, 5.41) is 13.3. The van der Waals surface area contributed by atoms with Crippen molar-refractivity contribution in [2.75, 3.05) is 19.6 Å². The molecule has 1 aromatic carbocycles. The maximum absolute atomic E-state index is 13.0. The Balaban J connectivity index is 1.83. The molecule has 0 aromatic heterocycles. The van der Waals surface area contributed by atoms with Gasteiger partial charge in [-0.1, -0.05) is 18.0 Å². The predicted octanol–water partition coefficient (Wildman–Crippen LogP) is 2.61. The molecule has 1 amide bonds. The van der Waals surface area contributed by atoms with Crippen molar-refractivity contribution < 1.29 is 14.6 Å². The number of nitrogens with one attached hydrogen (secondary N) is 1. The molecule has 0 unspecified atom stereocenters. The molecular weight excluding hydrogens is 316 g/mol. The zero-order valence-corrected chi connectivity index (χ0v) is 13.7. The minimum absolute atomic E-state index is 0.0492. The summed E-state index contributed by atoms with van der Waals surface area (Å²) in [6.45, 7) is 2.39. The summed E-state index contributed by atoms with van der Waals surface area (Å²) in [6, 6.07) is 3.31. The Kier molecular flexibility index (Phi) is 3.65. The molecular formula is C17H21ClN2O3. The molecule has 23 heavy (non-hydrogen) atoms. The van der Waals surface area contributed by atoms with Crippen LogP contribution in [0.4, 0.5) is 0 Å². The molecule has 0 saturated carbocycles. The summed E-state index contributed by atoms with van der Waals surface area (Å²) in [7, 11) is 0. The van der Waals surface area contributed by atoms with Gasteiger partial charge in [-0.15, -0.1) is 0 Å². The average Bonchev–Trinajstić information content (AvgIpc) is 2.77. The predicted molar refractivity (Wildman–Crippen MR) is 86.9 cm³/mol. The van der Waals surface area contributed by atoms with Crippen LogP contribution in [0.2, 0.25) is 5.02 Å². The molecule has 3 heterocycles. The summed E-state index contributed by atoms with van der Waals surface area (Å²) in [5.74, 6) is 0.545. The molecule has 124 valence electrons. The lowest BCUT2D eigenvalue weighted by Crippen LogP contribution is -2.64. The van der Waals surface area contributed by atoms with E-state index in [1.807, 2.05) is 0 Å². The van der Waals surface area contributed by atoms with E-state index in [1.54, 1.807) is 12.1 Å². The molecule has 2 fully saturated rings. The van der Waals surface area contributed by atoms with Gasteiger partial charge in [0, 0.05) is 31.3 Å². The van der Waals surface area contributed by atoms with E-state index in [0.29, 0.717) is 12.3 Å². The normalized spacial score (nSPS) is 30.8. The number of carbonyl (C=O) groups excluding carboxylic acids is 1. The lowest BCUT2D eigenvalue weighted by Gasteiger charge is -2.43. The Labute approximate surface area is 140 Å². The van der Waals surface area contributed by atoms with Crippen molar-refractivity contribution in [1.82, 2.24) is 10.2 Å². The van der Waals surface area contributed by atoms with Crippen molar-refractivity contribution in [3.05, 3.63) is 22.7 Å². The average molecular weight is 337 g/mol. The zero-order chi connectivity index (χ0) is 16.0. The third-order valence-electron chi connectivity index (χ3n) is 5.30. The van der Waals surface area contributed by atoms with Gasteiger partial charge >= 0.3 is 0 Å². The summed E-state index contributed by atoms with van der Waals surface area (Å²) < 4.78 is 6.28. The van der Waals surface area contributed by atoms with Crippen LogP contribution < -0.4 is 10.1 Å². The second kappa shape index (κ2) is 5.56. The molecule has 0 radical (unpaired) electrons. The Morgan fingerprint density at radius 2 is 2.04 bits per heavy atom. The number of fused-ring (bicyclic) bond motifs is 3. The smallest absolute Gasteiger partial charge is 0.280 e. The number of hydrogen-bond acceptors (Lipinski definition) is 4. The van der Waals surface area contributed by atoms with E-state index in [2.05, 4.69) is 10.2 Å². The van der Waals surface area contributed by atoms with Crippen LogP contribution in [0, 0.1) is 0 Å². The van der Waals surface area contributed by atoms with E-state index < -0.39 is 5.72 Å². The van der Waals surface area contributed by atoms with E-state index in [-0.39, 0.29) is 22.6 Å². The Morgan fingerprint density at radius 1 is 1.26 bits per heavy atom.